The third-order valence-electron chi connectivity index (χ3n) is 2.26. The average Bonchev–Trinajstić information content (AvgIpc) is 2.15. The number of benzene rings is 1. The standard InChI is InChI=1S/C11H14N2O2/c1-7-6-9(11(12)13)3-2-8(7)4-5-10(14)15/h2-3,6H,4-5H2,1H3,(H3,12,13)(H,14,15). The molecular weight excluding hydrogens is 192 g/mol. The van der Waals surface area contributed by atoms with Gasteiger partial charge >= 0.3 is 5.97 Å². The first-order chi connectivity index (χ1) is 7.00. The van der Waals surface area contributed by atoms with E-state index >= 15 is 0 Å². The summed E-state index contributed by atoms with van der Waals surface area (Å²) in [5.74, 6) is -0.770. The van der Waals surface area contributed by atoms with Crippen LogP contribution in [0.5, 0.6) is 0 Å². The number of rotatable bonds is 4. The van der Waals surface area contributed by atoms with Gasteiger partial charge in [-0.2, -0.15) is 0 Å². The molecule has 0 bridgehead atoms. The molecule has 0 fully saturated rings. The largest absolute Gasteiger partial charge is 0.481 e. The van der Waals surface area contributed by atoms with Gasteiger partial charge in [0.05, 0.1) is 0 Å². The Kier molecular flexibility index (Phi) is 3.44. The number of nitrogens with one attached hydrogen (secondary N) is 1. The van der Waals surface area contributed by atoms with Crippen molar-refractivity contribution in [2.45, 2.75) is 19.8 Å². The number of carboxylic acid groups (broad SMARTS) is 1. The number of nitrogens with two attached hydrogens (primary N) is 1. The average molecular weight is 206 g/mol. The number of nitrogen functional groups attached to an aromatic ring is 1. The summed E-state index contributed by atoms with van der Waals surface area (Å²) < 4.78 is 0. The molecule has 0 aliphatic heterocycles. The summed E-state index contributed by atoms with van der Waals surface area (Å²) in [6, 6.07) is 5.38. The van der Waals surface area contributed by atoms with Crippen molar-refractivity contribution in [1.29, 1.82) is 5.41 Å². The number of amidine groups is 1. The van der Waals surface area contributed by atoms with Crippen LogP contribution in [0, 0.1) is 12.3 Å². The van der Waals surface area contributed by atoms with E-state index in [0.29, 0.717) is 12.0 Å². The van der Waals surface area contributed by atoms with Crippen LogP contribution in [0.1, 0.15) is 23.1 Å². The van der Waals surface area contributed by atoms with Crippen LogP contribution in [0.3, 0.4) is 0 Å². The molecule has 0 aliphatic carbocycles. The van der Waals surface area contributed by atoms with E-state index in [1.165, 1.54) is 0 Å². The lowest BCUT2D eigenvalue weighted by Crippen LogP contribution is -2.11. The van der Waals surface area contributed by atoms with Crippen molar-refractivity contribution in [2.24, 2.45) is 5.73 Å². The molecule has 1 rings (SSSR count). The molecule has 1 aromatic rings. The predicted octanol–water partition coefficient (Wildman–Crippen LogP) is 1.30. The molecule has 0 aromatic heterocycles. The zero-order chi connectivity index (χ0) is 11.4. The first kappa shape index (κ1) is 11.2. The maximum Gasteiger partial charge on any atom is 0.303 e. The normalized spacial score (nSPS) is 9.93. The van der Waals surface area contributed by atoms with Crippen LogP contribution in [0.15, 0.2) is 18.2 Å². The van der Waals surface area contributed by atoms with Crippen LogP contribution < -0.4 is 5.73 Å². The zero-order valence-electron chi connectivity index (χ0n) is 8.58. The smallest absolute Gasteiger partial charge is 0.303 e. The molecule has 4 heteroatoms. The number of aryl methyl sites for hydroxylation is 2. The van der Waals surface area contributed by atoms with Crippen molar-refractivity contribution in [3.63, 3.8) is 0 Å². The molecular formula is C11H14N2O2. The van der Waals surface area contributed by atoms with Gasteiger partial charge in [-0.15, -0.1) is 0 Å². The highest BCUT2D eigenvalue weighted by Crippen LogP contribution is 2.12. The Labute approximate surface area is 88.2 Å². The molecule has 0 heterocycles. The monoisotopic (exact) mass is 206 g/mol. The van der Waals surface area contributed by atoms with E-state index in [0.717, 1.165) is 11.1 Å². The second-order valence-corrected chi connectivity index (χ2v) is 3.45. The van der Waals surface area contributed by atoms with Crippen molar-refractivity contribution in [1.82, 2.24) is 0 Å². The molecule has 0 saturated carbocycles. The van der Waals surface area contributed by atoms with E-state index in [9.17, 15) is 4.79 Å². The number of hydrogen-bond donors (Lipinski definition) is 3. The molecule has 15 heavy (non-hydrogen) atoms. The Hall–Kier alpha value is -1.84. The van der Waals surface area contributed by atoms with Gasteiger partial charge in [0.1, 0.15) is 5.84 Å². The van der Waals surface area contributed by atoms with Crippen LogP contribution in [-0.2, 0) is 11.2 Å². The van der Waals surface area contributed by atoms with Crippen molar-refractivity contribution >= 4 is 11.8 Å². The summed E-state index contributed by atoms with van der Waals surface area (Å²) in [5.41, 5.74) is 7.98. The van der Waals surface area contributed by atoms with Crippen molar-refractivity contribution in [2.75, 3.05) is 0 Å². The number of aliphatic carboxylic acids is 1. The lowest BCUT2D eigenvalue weighted by Gasteiger charge is -2.06. The Morgan fingerprint density at radius 2 is 2.20 bits per heavy atom. The topological polar surface area (TPSA) is 87.2 Å². The SMILES string of the molecule is Cc1cc(C(=N)N)ccc1CCC(=O)O. The van der Waals surface area contributed by atoms with Gasteiger partial charge in [0.15, 0.2) is 0 Å². The second-order valence-electron chi connectivity index (χ2n) is 3.45. The number of hydrogen-bond acceptors (Lipinski definition) is 2. The van der Waals surface area contributed by atoms with Crippen LogP contribution in [0.25, 0.3) is 0 Å². The van der Waals surface area contributed by atoms with Crippen LogP contribution in [-0.4, -0.2) is 16.9 Å². The highest BCUT2D eigenvalue weighted by molar-refractivity contribution is 5.95. The summed E-state index contributed by atoms with van der Waals surface area (Å²) in [7, 11) is 0. The van der Waals surface area contributed by atoms with E-state index in [2.05, 4.69) is 0 Å². The summed E-state index contributed by atoms with van der Waals surface area (Å²) in [4.78, 5) is 10.4. The number of carbonyl (C=O) groups is 1. The van der Waals surface area contributed by atoms with Gasteiger partial charge in [-0.1, -0.05) is 12.1 Å². The van der Waals surface area contributed by atoms with Gasteiger partial charge in [-0.05, 0) is 30.5 Å². The van der Waals surface area contributed by atoms with Crippen molar-refractivity contribution in [3.05, 3.63) is 34.9 Å². The van der Waals surface area contributed by atoms with Gasteiger partial charge in [0.25, 0.3) is 0 Å². The minimum Gasteiger partial charge on any atom is -0.481 e. The van der Waals surface area contributed by atoms with E-state index in [1.54, 1.807) is 12.1 Å². The fourth-order valence-corrected chi connectivity index (χ4v) is 1.39. The second kappa shape index (κ2) is 4.59. The van der Waals surface area contributed by atoms with Gasteiger partial charge in [-0.3, -0.25) is 10.2 Å². The quantitative estimate of drug-likeness (QED) is 0.512. The molecule has 80 valence electrons. The minimum atomic E-state index is -0.801. The van der Waals surface area contributed by atoms with Crippen molar-refractivity contribution in [3.8, 4) is 0 Å². The molecule has 0 atom stereocenters. The molecule has 4 nitrogen and oxygen atoms in total. The van der Waals surface area contributed by atoms with Gasteiger partial charge in [-0.25, -0.2) is 0 Å². The summed E-state index contributed by atoms with van der Waals surface area (Å²) in [5, 5.41) is 15.8. The Bertz CT molecular complexity index is 400. The maximum absolute atomic E-state index is 10.4. The molecule has 0 amide bonds. The lowest BCUT2D eigenvalue weighted by atomic mass is 10.0. The predicted molar refractivity (Wildman–Crippen MR) is 58.2 cm³/mol. The molecule has 4 N–H and O–H groups in total. The molecule has 0 radical (unpaired) electrons. The van der Waals surface area contributed by atoms with Gasteiger partial charge in [0.2, 0.25) is 0 Å². The molecule has 0 saturated heterocycles. The number of carboxylic acids is 1. The van der Waals surface area contributed by atoms with Gasteiger partial charge in [0, 0.05) is 12.0 Å². The van der Waals surface area contributed by atoms with Crippen molar-refractivity contribution < 1.29 is 9.90 Å². The third-order valence-corrected chi connectivity index (χ3v) is 2.26. The minimum absolute atomic E-state index is 0.0304. The maximum atomic E-state index is 10.4. The first-order valence-electron chi connectivity index (χ1n) is 4.66. The Balaban J connectivity index is 2.83. The summed E-state index contributed by atoms with van der Waals surface area (Å²) in [6.45, 7) is 1.89. The van der Waals surface area contributed by atoms with E-state index in [4.69, 9.17) is 16.2 Å². The van der Waals surface area contributed by atoms with E-state index in [-0.39, 0.29) is 12.3 Å². The fraction of sp³-hybridized carbons (Fsp3) is 0.273. The van der Waals surface area contributed by atoms with E-state index < -0.39 is 5.97 Å². The van der Waals surface area contributed by atoms with Crippen LogP contribution >= 0.6 is 0 Å². The molecule has 1 aromatic carbocycles. The molecule has 0 aliphatic rings. The highest BCUT2D eigenvalue weighted by atomic mass is 16.4. The molecule has 0 spiro atoms. The Morgan fingerprint density at radius 1 is 1.53 bits per heavy atom. The first-order valence-corrected chi connectivity index (χ1v) is 4.66. The van der Waals surface area contributed by atoms with Crippen LogP contribution in [0.4, 0.5) is 0 Å². The summed E-state index contributed by atoms with van der Waals surface area (Å²) >= 11 is 0. The highest BCUT2D eigenvalue weighted by Gasteiger charge is 2.04. The van der Waals surface area contributed by atoms with Gasteiger partial charge < -0.3 is 10.8 Å². The lowest BCUT2D eigenvalue weighted by molar-refractivity contribution is -0.136. The van der Waals surface area contributed by atoms with E-state index in [1.807, 2.05) is 13.0 Å². The van der Waals surface area contributed by atoms with Crippen LogP contribution in [0.2, 0.25) is 0 Å². The Morgan fingerprint density at radius 3 is 2.67 bits per heavy atom. The fourth-order valence-electron chi connectivity index (χ4n) is 1.39. The third kappa shape index (κ3) is 3.09. The molecule has 0 unspecified atom stereocenters. The summed E-state index contributed by atoms with van der Waals surface area (Å²) in [6.07, 6.45) is 0.639. The zero-order valence-corrected chi connectivity index (χ0v) is 8.58.